The Kier molecular flexibility index (Phi) is 6.05. The van der Waals surface area contributed by atoms with Gasteiger partial charge in [0.2, 0.25) is 5.91 Å². The Morgan fingerprint density at radius 3 is 2.58 bits per heavy atom. The van der Waals surface area contributed by atoms with Crippen molar-refractivity contribution in [2.75, 3.05) is 13.1 Å². The van der Waals surface area contributed by atoms with E-state index in [1.807, 2.05) is 6.07 Å². The lowest BCUT2D eigenvalue weighted by atomic mass is 9.93. The van der Waals surface area contributed by atoms with Crippen LogP contribution in [0.25, 0.3) is 0 Å². The van der Waals surface area contributed by atoms with Gasteiger partial charge in [-0.25, -0.2) is 0 Å². The average Bonchev–Trinajstić information content (AvgIpc) is 2.63. The molecule has 1 aromatic rings. The second-order valence-electron chi connectivity index (χ2n) is 6.98. The van der Waals surface area contributed by atoms with E-state index in [-0.39, 0.29) is 17.9 Å². The summed E-state index contributed by atoms with van der Waals surface area (Å²) in [7, 11) is 0. The van der Waals surface area contributed by atoms with Crippen LogP contribution in [0.5, 0.6) is 0 Å². The zero-order chi connectivity index (χ0) is 16.8. The summed E-state index contributed by atoms with van der Waals surface area (Å²) in [5, 5.41) is 12.8. The molecule has 4 nitrogen and oxygen atoms in total. The molecule has 1 heterocycles. The monoisotopic (exact) mass is 328 g/mol. The molecule has 1 aromatic carbocycles. The van der Waals surface area contributed by atoms with E-state index in [1.165, 1.54) is 11.1 Å². The van der Waals surface area contributed by atoms with Gasteiger partial charge in [0.1, 0.15) is 0 Å². The highest BCUT2D eigenvalue weighted by Crippen LogP contribution is 2.19. The molecule has 3 rings (SSSR count). The van der Waals surface area contributed by atoms with E-state index in [2.05, 4.69) is 40.6 Å². The van der Waals surface area contributed by atoms with Crippen LogP contribution in [0.1, 0.15) is 43.2 Å². The van der Waals surface area contributed by atoms with Crippen molar-refractivity contribution in [2.24, 2.45) is 5.92 Å². The number of piperidine rings is 1. The van der Waals surface area contributed by atoms with E-state index >= 15 is 0 Å². The summed E-state index contributed by atoms with van der Waals surface area (Å²) in [6, 6.07) is 8.35. The van der Waals surface area contributed by atoms with Gasteiger partial charge in [-0.3, -0.25) is 9.69 Å². The Balaban J connectivity index is 1.55. The van der Waals surface area contributed by atoms with Crippen LogP contribution in [0.4, 0.5) is 0 Å². The molecule has 4 heteroatoms. The molecule has 1 saturated heterocycles. The molecular weight excluding hydrogens is 300 g/mol. The van der Waals surface area contributed by atoms with Crippen molar-refractivity contribution in [2.45, 2.75) is 51.3 Å². The number of nitrogens with zero attached hydrogens (tertiary/aromatic N) is 1. The van der Waals surface area contributed by atoms with Gasteiger partial charge in [0, 0.05) is 32.1 Å². The predicted octanol–water partition coefficient (Wildman–Crippen LogP) is 2.62. The number of carbonyl (C=O) groups excluding carboxylic acids is 1. The summed E-state index contributed by atoms with van der Waals surface area (Å²) in [5.41, 5.74) is 2.47. The molecule has 0 bridgehead atoms. The zero-order valence-electron chi connectivity index (χ0n) is 14.3. The van der Waals surface area contributed by atoms with Gasteiger partial charge in [0.05, 0.1) is 6.10 Å². The van der Waals surface area contributed by atoms with E-state index < -0.39 is 0 Å². The lowest BCUT2D eigenvalue weighted by Gasteiger charge is -2.30. The first-order chi connectivity index (χ1) is 11.7. The highest BCUT2D eigenvalue weighted by Gasteiger charge is 2.20. The maximum Gasteiger partial charge on any atom is 0.223 e. The fourth-order valence-corrected chi connectivity index (χ4v) is 3.56. The summed E-state index contributed by atoms with van der Waals surface area (Å²) in [4.78, 5) is 14.7. The van der Waals surface area contributed by atoms with Crippen LogP contribution in [0.2, 0.25) is 0 Å². The van der Waals surface area contributed by atoms with Crippen molar-refractivity contribution in [3.05, 3.63) is 47.5 Å². The SMILES string of the molecule is O=C(NCc1ccccc1CN1CCC(O)CC1)C1CC=CCC1. The first-order valence-electron chi connectivity index (χ1n) is 9.12. The zero-order valence-corrected chi connectivity index (χ0v) is 14.3. The van der Waals surface area contributed by atoms with Crippen LogP contribution in [-0.4, -0.2) is 35.1 Å². The maximum atomic E-state index is 12.3. The molecule has 0 spiro atoms. The minimum atomic E-state index is -0.139. The Bertz CT molecular complexity index is 577. The van der Waals surface area contributed by atoms with Gasteiger partial charge in [0.25, 0.3) is 0 Å². The van der Waals surface area contributed by atoms with Crippen molar-refractivity contribution in [3.63, 3.8) is 0 Å². The van der Waals surface area contributed by atoms with Crippen LogP contribution < -0.4 is 5.32 Å². The van der Waals surface area contributed by atoms with Crippen molar-refractivity contribution >= 4 is 5.91 Å². The second-order valence-corrected chi connectivity index (χ2v) is 6.98. The predicted molar refractivity (Wildman–Crippen MR) is 95.3 cm³/mol. The van der Waals surface area contributed by atoms with Gasteiger partial charge in [-0.05, 0) is 43.2 Å². The van der Waals surface area contributed by atoms with E-state index in [4.69, 9.17) is 0 Å². The minimum absolute atomic E-state index is 0.130. The Morgan fingerprint density at radius 2 is 1.88 bits per heavy atom. The molecule has 1 fully saturated rings. The van der Waals surface area contributed by atoms with Crippen molar-refractivity contribution in [1.82, 2.24) is 10.2 Å². The summed E-state index contributed by atoms with van der Waals surface area (Å²) in [5.74, 6) is 0.306. The lowest BCUT2D eigenvalue weighted by Crippen LogP contribution is -2.36. The van der Waals surface area contributed by atoms with Crippen LogP contribution >= 0.6 is 0 Å². The van der Waals surface area contributed by atoms with E-state index in [1.54, 1.807) is 0 Å². The first kappa shape index (κ1) is 17.2. The summed E-state index contributed by atoms with van der Waals surface area (Å²) in [6.07, 6.45) is 8.68. The maximum absolute atomic E-state index is 12.3. The van der Waals surface area contributed by atoms with Crippen molar-refractivity contribution in [3.8, 4) is 0 Å². The summed E-state index contributed by atoms with van der Waals surface area (Å²) < 4.78 is 0. The quantitative estimate of drug-likeness (QED) is 0.817. The number of nitrogens with one attached hydrogen (secondary N) is 1. The second kappa shape index (κ2) is 8.45. The standard InChI is InChI=1S/C20H28N2O2/c23-19-10-12-22(13-11-19)15-18-9-5-4-8-17(18)14-21-20(24)16-6-2-1-3-7-16/h1-2,4-5,8-9,16,19,23H,3,6-7,10-15H2,(H,21,24). The number of likely N-dealkylation sites (tertiary alicyclic amines) is 1. The smallest absolute Gasteiger partial charge is 0.223 e. The van der Waals surface area contributed by atoms with E-state index in [0.29, 0.717) is 6.54 Å². The Hall–Kier alpha value is -1.65. The molecule has 0 radical (unpaired) electrons. The number of aliphatic hydroxyl groups is 1. The molecule has 1 atom stereocenters. The average molecular weight is 328 g/mol. The normalized spacial score (nSPS) is 22.5. The van der Waals surface area contributed by atoms with E-state index in [9.17, 15) is 9.90 Å². The number of hydrogen-bond donors (Lipinski definition) is 2. The number of amides is 1. The molecule has 1 aliphatic carbocycles. The van der Waals surface area contributed by atoms with Gasteiger partial charge in [-0.2, -0.15) is 0 Å². The van der Waals surface area contributed by atoms with Gasteiger partial charge < -0.3 is 10.4 Å². The van der Waals surface area contributed by atoms with Crippen LogP contribution in [0, 0.1) is 5.92 Å². The minimum Gasteiger partial charge on any atom is -0.393 e. The van der Waals surface area contributed by atoms with Gasteiger partial charge >= 0.3 is 0 Å². The third-order valence-corrected chi connectivity index (χ3v) is 5.16. The van der Waals surface area contributed by atoms with Crippen molar-refractivity contribution in [1.29, 1.82) is 0 Å². The summed E-state index contributed by atoms with van der Waals surface area (Å²) in [6.45, 7) is 3.38. The molecule has 1 unspecified atom stereocenters. The molecule has 0 saturated carbocycles. The molecule has 2 N–H and O–H groups in total. The molecule has 1 amide bonds. The number of benzene rings is 1. The lowest BCUT2D eigenvalue weighted by molar-refractivity contribution is -0.125. The molecular formula is C20H28N2O2. The Labute approximate surface area is 144 Å². The molecule has 1 aliphatic heterocycles. The van der Waals surface area contributed by atoms with Gasteiger partial charge in [0.15, 0.2) is 0 Å². The molecule has 24 heavy (non-hydrogen) atoms. The first-order valence-corrected chi connectivity index (χ1v) is 9.12. The number of allylic oxidation sites excluding steroid dienone is 2. The number of rotatable bonds is 5. The largest absolute Gasteiger partial charge is 0.393 e. The fraction of sp³-hybridized carbons (Fsp3) is 0.550. The molecule has 130 valence electrons. The van der Waals surface area contributed by atoms with Crippen LogP contribution in [0.3, 0.4) is 0 Å². The van der Waals surface area contributed by atoms with Gasteiger partial charge in [-0.1, -0.05) is 36.4 Å². The number of hydrogen-bond acceptors (Lipinski definition) is 3. The third-order valence-electron chi connectivity index (χ3n) is 5.16. The van der Waals surface area contributed by atoms with Crippen LogP contribution in [0.15, 0.2) is 36.4 Å². The van der Waals surface area contributed by atoms with Crippen LogP contribution in [-0.2, 0) is 17.9 Å². The van der Waals surface area contributed by atoms with Gasteiger partial charge in [-0.15, -0.1) is 0 Å². The van der Waals surface area contributed by atoms with Crippen molar-refractivity contribution < 1.29 is 9.90 Å². The van der Waals surface area contributed by atoms with E-state index in [0.717, 1.165) is 51.7 Å². The number of carbonyl (C=O) groups is 1. The topological polar surface area (TPSA) is 52.6 Å². The third kappa shape index (κ3) is 4.68. The number of aliphatic hydroxyl groups excluding tert-OH is 1. The highest BCUT2D eigenvalue weighted by molar-refractivity contribution is 5.79. The highest BCUT2D eigenvalue weighted by atomic mass is 16.3. The molecule has 2 aliphatic rings. The Morgan fingerprint density at radius 1 is 1.12 bits per heavy atom. The summed E-state index contributed by atoms with van der Waals surface area (Å²) >= 11 is 0. The fourth-order valence-electron chi connectivity index (χ4n) is 3.56. The molecule has 0 aromatic heterocycles.